The lowest BCUT2D eigenvalue weighted by molar-refractivity contribution is -0.265. The van der Waals surface area contributed by atoms with E-state index in [9.17, 15) is 39.0 Å². The van der Waals surface area contributed by atoms with Gasteiger partial charge in [-0.05, 0) is 13.3 Å². The molecule has 2 fully saturated rings. The maximum Gasteiger partial charge on any atom is 0.478 e. The second-order valence-electron chi connectivity index (χ2n) is 7.81. The van der Waals surface area contributed by atoms with Crippen molar-refractivity contribution < 1.29 is 61.9 Å². The fourth-order valence-corrected chi connectivity index (χ4v) is 5.58. The average molecular weight is 530 g/mol. The lowest BCUT2D eigenvalue weighted by atomic mass is 10.0. The minimum absolute atomic E-state index is 0.0343. The van der Waals surface area contributed by atoms with Crippen LogP contribution in [0.2, 0.25) is 0 Å². The first kappa shape index (κ1) is 27.4. The summed E-state index contributed by atoms with van der Waals surface area (Å²) in [6.07, 6.45) is -7.17. The summed E-state index contributed by atoms with van der Waals surface area (Å²) < 4.78 is 48.0. The Morgan fingerprint density at radius 2 is 1.97 bits per heavy atom. The molecule has 194 valence electrons. The highest BCUT2D eigenvalue weighted by Crippen LogP contribution is 2.59. The third kappa shape index (κ3) is 6.50. The number of nitrogens with one attached hydrogen (secondary N) is 1. The fraction of sp³-hybridized carbons (Fsp3) is 0.688. The van der Waals surface area contributed by atoms with E-state index in [0.717, 1.165) is 6.08 Å². The van der Waals surface area contributed by atoms with Gasteiger partial charge in [0.25, 0.3) is 13.7 Å². The molecule has 7 N–H and O–H groups in total. The van der Waals surface area contributed by atoms with Gasteiger partial charge in [0.15, 0.2) is 12.5 Å². The van der Waals surface area contributed by atoms with E-state index < -0.39 is 77.2 Å². The van der Waals surface area contributed by atoms with Gasteiger partial charge in [0.2, 0.25) is 0 Å². The number of aliphatic hydroxyl groups excluding tert-OH is 3. The Kier molecular flexibility index (Phi) is 8.37. The molecule has 0 aromatic heterocycles. The number of rotatable bonds is 8. The Labute approximate surface area is 193 Å². The van der Waals surface area contributed by atoms with Gasteiger partial charge in [0, 0.05) is 18.3 Å². The zero-order valence-electron chi connectivity index (χ0n) is 17.8. The molecule has 3 rings (SSSR count). The number of nitrogens with two attached hydrogens (primary N) is 1. The number of hydrogen-bond acceptors (Lipinski definition) is 14. The van der Waals surface area contributed by atoms with Gasteiger partial charge < -0.3 is 50.5 Å². The maximum atomic E-state index is 12.1. The van der Waals surface area contributed by atoms with Gasteiger partial charge >= 0.3 is 7.82 Å². The van der Waals surface area contributed by atoms with Crippen LogP contribution in [0.4, 0.5) is 0 Å². The van der Waals surface area contributed by atoms with Crippen molar-refractivity contribution in [2.75, 3.05) is 6.61 Å². The third-order valence-corrected chi connectivity index (χ3v) is 7.67. The normalized spacial score (nSPS) is 40.0. The summed E-state index contributed by atoms with van der Waals surface area (Å²) in [5.41, 5.74) is 5.66. The number of carbonyl (C=O) groups is 1. The van der Waals surface area contributed by atoms with Gasteiger partial charge in [0.05, 0.1) is 12.7 Å². The molecule has 18 heteroatoms. The smallest absolute Gasteiger partial charge is 0.478 e. The van der Waals surface area contributed by atoms with E-state index in [4.69, 9.17) is 15.2 Å². The summed E-state index contributed by atoms with van der Waals surface area (Å²) in [6, 6.07) is -0.870. The highest BCUT2D eigenvalue weighted by molar-refractivity contribution is 7.60. The molecule has 0 spiro atoms. The summed E-state index contributed by atoms with van der Waals surface area (Å²) in [5.74, 6) is -0.438. The SMILES string of the molecule is C=C1NC(=O)C=CN1[C@@H]1O[C@H](COP(=O)(O)OP(=O)([O-])O[C@H]2OC(C)C[C@H](N)C2O)C(O)[C@@H]1O. The standard InChI is InChI=1S/C16H27N3O13P2/c1-7-5-9(17)12(21)16(29-7)31-34(26,27)32-33(24,25)28-6-10-13(22)14(23)15(30-10)19-4-3-11(20)18-8(19)2/h3-4,7,9-10,12-16,21-23H,2,5-6,17H2,1H3,(H,18,20)(H,24,25)(H,26,27)/p-1/t7?,9-,10+,12?,13?,14-,15+,16+/m0/s1. The second-order valence-corrected chi connectivity index (χ2v) is 10.8. The molecule has 0 aliphatic carbocycles. The van der Waals surface area contributed by atoms with Crippen molar-refractivity contribution in [1.29, 1.82) is 0 Å². The van der Waals surface area contributed by atoms with Crippen molar-refractivity contribution >= 4 is 21.6 Å². The zero-order valence-corrected chi connectivity index (χ0v) is 19.6. The predicted molar refractivity (Wildman–Crippen MR) is 107 cm³/mol. The van der Waals surface area contributed by atoms with E-state index in [1.165, 1.54) is 11.1 Å². The van der Waals surface area contributed by atoms with Crippen LogP contribution < -0.4 is 15.9 Å². The average Bonchev–Trinajstić information content (AvgIpc) is 2.97. The molecule has 1 amide bonds. The molecule has 0 saturated carbocycles. The predicted octanol–water partition coefficient (Wildman–Crippen LogP) is -2.71. The summed E-state index contributed by atoms with van der Waals surface area (Å²) in [6.45, 7) is 4.25. The molecule has 3 aliphatic heterocycles. The molecule has 3 aliphatic rings. The number of nitrogens with zero attached hydrogens (tertiary/aromatic N) is 1. The summed E-state index contributed by atoms with van der Waals surface area (Å²) in [7, 11) is -10.9. The highest BCUT2D eigenvalue weighted by Gasteiger charge is 2.47. The van der Waals surface area contributed by atoms with E-state index >= 15 is 0 Å². The molecule has 3 heterocycles. The monoisotopic (exact) mass is 530 g/mol. The first-order chi connectivity index (χ1) is 15.7. The van der Waals surface area contributed by atoms with Crippen LogP contribution in [0, 0.1) is 0 Å². The first-order valence-corrected chi connectivity index (χ1v) is 12.9. The van der Waals surface area contributed by atoms with Crippen molar-refractivity contribution in [3.63, 3.8) is 0 Å². The van der Waals surface area contributed by atoms with Crippen LogP contribution >= 0.6 is 15.6 Å². The molecule has 34 heavy (non-hydrogen) atoms. The van der Waals surface area contributed by atoms with Gasteiger partial charge in [-0.3, -0.25) is 18.4 Å². The van der Waals surface area contributed by atoms with Crippen molar-refractivity contribution in [3.05, 3.63) is 24.7 Å². The Bertz CT molecular complexity index is 919. The third-order valence-electron chi connectivity index (χ3n) is 5.10. The molecule has 5 unspecified atom stereocenters. The Morgan fingerprint density at radius 3 is 2.62 bits per heavy atom. The van der Waals surface area contributed by atoms with Crippen LogP contribution in [0.1, 0.15) is 13.3 Å². The fourth-order valence-electron chi connectivity index (χ4n) is 3.46. The van der Waals surface area contributed by atoms with E-state index in [1.807, 2.05) is 0 Å². The first-order valence-electron chi connectivity index (χ1n) is 9.94. The van der Waals surface area contributed by atoms with Gasteiger partial charge in [-0.25, -0.2) is 8.88 Å². The van der Waals surface area contributed by atoms with Gasteiger partial charge in [-0.2, -0.15) is 0 Å². The van der Waals surface area contributed by atoms with Crippen molar-refractivity contribution in [2.45, 2.75) is 62.4 Å². The van der Waals surface area contributed by atoms with E-state index in [0.29, 0.717) is 0 Å². The maximum absolute atomic E-state index is 12.1. The Hall–Kier alpha value is -1.23. The molecule has 0 aromatic rings. The van der Waals surface area contributed by atoms with E-state index in [2.05, 4.69) is 25.3 Å². The van der Waals surface area contributed by atoms with E-state index in [1.54, 1.807) is 6.92 Å². The number of phosphoric acid groups is 2. The van der Waals surface area contributed by atoms with Crippen LogP contribution in [0.3, 0.4) is 0 Å². The van der Waals surface area contributed by atoms with Crippen LogP contribution in [-0.2, 0) is 36.8 Å². The van der Waals surface area contributed by atoms with Crippen molar-refractivity contribution in [3.8, 4) is 0 Å². The topological polar surface area (TPSA) is 243 Å². The Morgan fingerprint density at radius 1 is 1.29 bits per heavy atom. The molecule has 16 nitrogen and oxygen atoms in total. The van der Waals surface area contributed by atoms with Gasteiger partial charge in [0.1, 0.15) is 30.2 Å². The summed E-state index contributed by atoms with van der Waals surface area (Å²) in [4.78, 5) is 34.4. The zero-order chi connectivity index (χ0) is 25.4. The van der Waals surface area contributed by atoms with E-state index in [-0.39, 0.29) is 12.2 Å². The summed E-state index contributed by atoms with van der Waals surface area (Å²) in [5, 5.41) is 32.7. The van der Waals surface area contributed by atoms with Crippen molar-refractivity contribution in [1.82, 2.24) is 10.2 Å². The van der Waals surface area contributed by atoms with Crippen LogP contribution in [0.5, 0.6) is 0 Å². The Balaban J connectivity index is 1.57. The van der Waals surface area contributed by atoms with Crippen LogP contribution in [-0.4, -0.2) is 86.7 Å². The van der Waals surface area contributed by atoms with Gasteiger partial charge in [-0.15, -0.1) is 0 Å². The molecule has 0 aromatic carbocycles. The number of hydrogen-bond donors (Lipinski definition) is 6. The molecular formula is C16H26N3O13P2-. The quantitative estimate of drug-likeness (QED) is 0.175. The van der Waals surface area contributed by atoms with Crippen LogP contribution in [0.15, 0.2) is 24.7 Å². The second kappa shape index (κ2) is 10.4. The largest absolute Gasteiger partial charge is 0.756 e. The molecule has 0 bridgehead atoms. The number of aliphatic hydroxyl groups is 3. The molecule has 0 radical (unpaired) electrons. The number of carbonyl (C=O) groups excluding carboxylic acids is 1. The van der Waals surface area contributed by atoms with Crippen molar-refractivity contribution in [2.24, 2.45) is 5.73 Å². The lowest BCUT2D eigenvalue weighted by Gasteiger charge is -2.38. The molecule has 2 saturated heterocycles. The number of amides is 1. The summed E-state index contributed by atoms with van der Waals surface area (Å²) >= 11 is 0. The molecule has 10 atom stereocenters. The number of ether oxygens (including phenoxy) is 2. The minimum atomic E-state index is -5.56. The number of phosphoric ester groups is 2. The van der Waals surface area contributed by atoms with Gasteiger partial charge in [-0.1, -0.05) is 6.58 Å². The molecular weight excluding hydrogens is 504 g/mol. The minimum Gasteiger partial charge on any atom is -0.756 e. The highest BCUT2D eigenvalue weighted by atomic mass is 31.3. The lowest BCUT2D eigenvalue weighted by Crippen LogP contribution is -2.52. The van der Waals surface area contributed by atoms with Crippen LogP contribution in [0.25, 0.3) is 0 Å².